The van der Waals surface area contributed by atoms with Crippen LogP contribution in [0.4, 0.5) is 0 Å². The molecule has 1 spiro atoms. The second-order valence-electron chi connectivity index (χ2n) is 6.36. The molecule has 2 amide bonds. The fourth-order valence-electron chi connectivity index (χ4n) is 3.36. The summed E-state index contributed by atoms with van der Waals surface area (Å²) in [6.07, 6.45) is 5.74. The molecule has 0 radical (unpaired) electrons. The van der Waals surface area contributed by atoms with E-state index < -0.39 is 5.41 Å². The van der Waals surface area contributed by atoms with Crippen molar-refractivity contribution < 1.29 is 9.59 Å². The van der Waals surface area contributed by atoms with Crippen molar-refractivity contribution in [2.24, 2.45) is 5.41 Å². The van der Waals surface area contributed by atoms with Crippen molar-refractivity contribution in [1.29, 1.82) is 0 Å². The van der Waals surface area contributed by atoms with Gasteiger partial charge in [0.1, 0.15) is 0 Å². The normalized spacial score (nSPS) is 26.1. The van der Waals surface area contributed by atoms with E-state index in [-0.39, 0.29) is 17.7 Å². The van der Waals surface area contributed by atoms with E-state index in [2.05, 4.69) is 16.9 Å². The number of nitrogens with zero attached hydrogens (tertiary/aromatic N) is 2. The molecule has 0 aliphatic carbocycles. The summed E-state index contributed by atoms with van der Waals surface area (Å²) in [4.78, 5) is 30.9. The van der Waals surface area contributed by atoms with Gasteiger partial charge in [-0.05, 0) is 37.8 Å². The number of carbonyl (C=O) groups excluding carboxylic acids is 2. The Morgan fingerprint density at radius 2 is 2.32 bits per heavy atom. The van der Waals surface area contributed by atoms with E-state index in [0.717, 1.165) is 30.5 Å². The van der Waals surface area contributed by atoms with Crippen molar-refractivity contribution in [3.05, 3.63) is 42.4 Å². The van der Waals surface area contributed by atoms with Gasteiger partial charge < -0.3 is 10.2 Å². The summed E-state index contributed by atoms with van der Waals surface area (Å²) >= 11 is 0. The number of amides is 2. The second kappa shape index (κ2) is 5.55. The number of pyridine rings is 1. The maximum Gasteiger partial charge on any atom is 0.232 e. The molecular formula is C17H21N3O2. The molecule has 2 fully saturated rings. The second-order valence-corrected chi connectivity index (χ2v) is 6.36. The molecule has 2 aliphatic rings. The highest BCUT2D eigenvalue weighted by Crippen LogP contribution is 2.40. The Hall–Kier alpha value is -2.17. The minimum absolute atomic E-state index is 0.0214. The topological polar surface area (TPSA) is 62.3 Å². The lowest BCUT2D eigenvalue weighted by atomic mass is 9.78. The van der Waals surface area contributed by atoms with Gasteiger partial charge in [0.15, 0.2) is 0 Å². The van der Waals surface area contributed by atoms with Gasteiger partial charge in [0, 0.05) is 31.2 Å². The van der Waals surface area contributed by atoms with Gasteiger partial charge in [-0.3, -0.25) is 14.6 Å². The molecule has 2 aliphatic heterocycles. The standard InChI is InChI=1S/C17H21N3O2/c1-12-5-6-17(16(22)19-12)7-9-20(11-17)15(21)13(2)14-4-3-8-18-10-14/h3-4,8,10,13H,1,5-7,9,11H2,2H3,(H,19,22). The van der Waals surface area contributed by atoms with Gasteiger partial charge in [0.05, 0.1) is 11.3 Å². The van der Waals surface area contributed by atoms with Crippen LogP contribution in [0.3, 0.4) is 0 Å². The zero-order chi connectivity index (χ0) is 15.7. The fourth-order valence-corrected chi connectivity index (χ4v) is 3.36. The molecule has 1 N–H and O–H groups in total. The highest BCUT2D eigenvalue weighted by atomic mass is 16.2. The van der Waals surface area contributed by atoms with Crippen LogP contribution >= 0.6 is 0 Å². The highest BCUT2D eigenvalue weighted by Gasteiger charge is 2.48. The third-order valence-corrected chi connectivity index (χ3v) is 4.90. The van der Waals surface area contributed by atoms with Crippen molar-refractivity contribution in [3.63, 3.8) is 0 Å². The molecule has 0 saturated carbocycles. The molecule has 2 unspecified atom stereocenters. The van der Waals surface area contributed by atoms with E-state index in [9.17, 15) is 9.59 Å². The number of piperidine rings is 1. The molecule has 5 heteroatoms. The van der Waals surface area contributed by atoms with Crippen LogP contribution in [0.15, 0.2) is 36.8 Å². The van der Waals surface area contributed by atoms with Crippen LogP contribution < -0.4 is 5.32 Å². The van der Waals surface area contributed by atoms with E-state index in [4.69, 9.17) is 0 Å². The molecule has 2 saturated heterocycles. The predicted molar refractivity (Wildman–Crippen MR) is 82.8 cm³/mol. The van der Waals surface area contributed by atoms with Gasteiger partial charge >= 0.3 is 0 Å². The van der Waals surface area contributed by atoms with Gasteiger partial charge in [-0.1, -0.05) is 12.6 Å². The molecule has 2 atom stereocenters. The van der Waals surface area contributed by atoms with Crippen molar-refractivity contribution in [2.75, 3.05) is 13.1 Å². The van der Waals surface area contributed by atoms with Crippen LogP contribution in [0.1, 0.15) is 37.7 Å². The van der Waals surface area contributed by atoms with E-state index in [1.54, 1.807) is 12.4 Å². The largest absolute Gasteiger partial charge is 0.341 e. The maximum absolute atomic E-state index is 12.7. The molecule has 1 aromatic heterocycles. The summed E-state index contributed by atoms with van der Waals surface area (Å²) in [6.45, 7) is 6.87. The number of likely N-dealkylation sites (tertiary alicyclic amines) is 1. The maximum atomic E-state index is 12.7. The van der Waals surface area contributed by atoms with Crippen LogP contribution in [-0.4, -0.2) is 34.8 Å². The van der Waals surface area contributed by atoms with Gasteiger partial charge in [-0.2, -0.15) is 0 Å². The summed E-state index contributed by atoms with van der Waals surface area (Å²) in [7, 11) is 0. The van der Waals surface area contributed by atoms with Gasteiger partial charge in [-0.25, -0.2) is 0 Å². The van der Waals surface area contributed by atoms with Crippen molar-refractivity contribution in [2.45, 2.75) is 32.1 Å². The Kier molecular flexibility index (Phi) is 3.72. The van der Waals surface area contributed by atoms with E-state index in [1.807, 2.05) is 24.0 Å². The monoisotopic (exact) mass is 299 g/mol. The van der Waals surface area contributed by atoms with E-state index in [1.165, 1.54) is 0 Å². The molecular weight excluding hydrogens is 278 g/mol. The highest BCUT2D eigenvalue weighted by molar-refractivity contribution is 5.88. The van der Waals surface area contributed by atoms with Crippen LogP contribution in [0.25, 0.3) is 0 Å². The van der Waals surface area contributed by atoms with Gasteiger partial charge in [0.25, 0.3) is 0 Å². The molecule has 0 aromatic carbocycles. The summed E-state index contributed by atoms with van der Waals surface area (Å²) < 4.78 is 0. The Labute approximate surface area is 130 Å². The first-order chi connectivity index (χ1) is 10.5. The molecule has 5 nitrogen and oxygen atoms in total. The Morgan fingerprint density at radius 3 is 3.00 bits per heavy atom. The average Bonchev–Trinajstić information content (AvgIpc) is 2.96. The molecule has 1 aromatic rings. The summed E-state index contributed by atoms with van der Waals surface area (Å²) in [5, 5.41) is 2.85. The van der Waals surface area contributed by atoms with Crippen molar-refractivity contribution in [1.82, 2.24) is 15.2 Å². The zero-order valence-corrected chi connectivity index (χ0v) is 12.8. The van der Waals surface area contributed by atoms with Crippen LogP contribution in [0.2, 0.25) is 0 Å². The fraction of sp³-hybridized carbons (Fsp3) is 0.471. The zero-order valence-electron chi connectivity index (χ0n) is 12.8. The van der Waals surface area contributed by atoms with Crippen molar-refractivity contribution in [3.8, 4) is 0 Å². The number of aromatic nitrogens is 1. The molecule has 3 rings (SSSR count). The third-order valence-electron chi connectivity index (χ3n) is 4.90. The smallest absolute Gasteiger partial charge is 0.232 e. The number of allylic oxidation sites excluding steroid dienone is 1. The number of hydrogen-bond acceptors (Lipinski definition) is 3. The number of hydrogen-bond donors (Lipinski definition) is 1. The average molecular weight is 299 g/mol. The number of rotatable bonds is 2. The van der Waals surface area contributed by atoms with Gasteiger partial charge in [-0.15, -0.1) is 0 Å². The predicted octanol–water partition coefficient (Wildman–Crippen LogP) is 1.83. The van der Waals surface area contributed by atoms with Crippen molar-refractivity contribution >= 4 is 11.8 Å². The van der Waals surface area contributed by atoms with Gasteiger partial charge in [0.2, 0.25) is 11.8 Å². The quantitative estimate of drug-likeness (QED) is 0.906. The summed E-state index contributed by atoms with van der Waals surface area (Å²) in [5.74, 6) is -0.138. The minimum atomic E-state index is -0.425. The van der Waals surface area contributed by atoms with Crippen LogP contribution in [0, 0.1) is 5.41 Å². The first-order valence-electron chi connectivity index (χ1n) is 7.70. The number of carbonyl (C=O) groups is 2. The SMILES string of the molecule is C=C1CCC2(CCN(C(=O)C(C)c3cccnc3)C2)C(=O)N1. The lowest BCUT2D eigenvalue weighted by Crippen LogP contribution is -2.47. The first kappa shape index (κ1) is 14.8. The third kappa shape index (κ3) is 2.51. The lowest BCUT2D eigenvalue weighted by molar-refractivity contribution is -0.134. The Bertz CT molecular complexity index is 614. The molecule has 0 bridgehead atoms. The summed E-state index contributed by atoms with van der Waals surface area (Å²) in [5.41, 5.74) is 1.27. The molecule has 116 valence electrons. The Morgan fingerprint density at radius 1 is 1.50 bits per heavy atom. The summed E-state index contributed by atoms with van der Waals surface area (Å²) in [6, 6.07) is 3.75. The lowest BCUT2D eigenvalue weighted by Gasteiger charge is -2.33. The van der Waals surface area contributed by atoms with Crippen LogP contribution in [-0.2, 0) is 9.59 Å². The Balaban J connectivity index is 1.71. The number of nitrogens with one attached hydrogen (secondary N) is 1. The molecule has 3 heterocycles. The molecule has 22 heavy (non-hydrogen) atoms. The van der Waals surface area contributed by atoms with E-state index >= 15 is 0 Å². The first-order valence-corrected chi connectivity index (χ1v) is 7.70. The van der Waals surface area contributed by atoms with E-state index in [0.29, 0.717) is 13.1 Å². The van der Waals surface area contributed by atoms with Crippen LogP contribution in [0.5, 0.6) is 0 Å². The minimum Gasteiger partial charge on any atom is -0.341 e.